The van der Waals surface area contributed by atoms with Crippen LogP contribution in [-0.4, -0.2) is 13.2 Å². The number of ether oxygens (including phenoxy) is 1. The highest BCUT2D eigenvalue weighted by molar-refractivity contribution is 5.34. The topological polar surface area (TPSA) is 9.23 Å². The van der Waals surface area contributed by atoms with E-state index in [-0.39, 0.29) is 0 Å². The third-order valence-corrected chi connectivity index (χ3v) is 4.16. The molecule has 0 N–H and O–H groups in total. The first-order valence-electron chi connectivity index (χ1n) is 4.45. The van der Waals surface area contributed by atoms with Crippen molar-refractivity contribution in [3.63, 3.8) is 0 Å². The first-order chi connectivity index (χ1) is 5.18. The summed E-state index contributed by atoms with van der Waals surface area (Å²) in [6.07, 6.45) is 4.74. The van der Waals surface area contributed by atoms with Gasteiger partial charge in [-0.15, -0.1) is 0 Å². The van der Waals surface area contributed by atoms with Crippen LogP contribution in [0, 0.1) is 22.7 Å². The quantitative estimate of drug-likeness (QED) is 0.479. The van der Waals surface area contributed by atoms with Crippen LogP contribution in [0.15, 0.2) is 12.2 Å². The summed E-state index contributed by atoms with van der Waals surface area (Å²) in [5.41, 5.74) is 1.02. The van der Waals surface area contributed by atoms with E-state index in [1.54, 1.807) is 0 Å². The molecule has 1 nitrogen and oxygen atoms in total. The van der Waals surface area contributed by atoms with Crippen molar-refractivity contribution in [2.24, 2.45) is 22.7 Å². The zero-order valence-corrected chi connectivity index (χ0v) is 7.13. The number of hydrogen-bond donors (Lipinski definition) is 0. The summed E-state index contributed by atoms with van der Waals surface area (Å²) in [5, 5.41) is 0. The molecule has 3 atom stereocenters. The lowest BCUT2D eigenvalue weighted by molar-refractivity contribution is -0.112. The number of rotatable bonds is 0. The maximum Gasteiger partial charge on any atom is 0.0566 e. The van der Waals surface area contributed by atoms with E-state index in [0.29, 0.717) is 10.8 Å². The van der Waals surface area contributed by atoms with Gasteiger partial charge in [0.1, 0.15) is 0 Å². The molecule has 11 heavy (non-hydrogen) atoms. The van der Waals surface area contributed by atoms with Crippen molar-refractivity contribution < 1.29 is 4.74 Å². The van der Waals surface area contributed by atoms with Crippen LogP contribution in [-0.2, 0) is 4.74 Å². The van der Waals surface area contributed by atoms with Gasteiger partial charge < -0.3 is 4.74 Å². The average Bonchev–Trinajstić information content (AvgIpc) is 2.26. The summed E-state index contributed by atoms with van der Waals surface area (Å²) in [4.78, 5) is 0. The van der Waals surface area contributed by atoms with E-state index in [1.807, 2.05) is 0 Å². The van der Waals surface area contributed by atoms with E-state index in [9.17, 15) is 0 Å². The fourth-order valence-electron chi connectivity index (χ4n) is 3.49. The van der Waals surface area contributed by atoms with Crippen molar-refractivity contribution in [1.82, 2.24) is 0 Å². The predicted molar refractivity (Wildman–Crippen MR) is 43.2 cm³/mol. The lowest BCUT2D eigenvalue weighted by Gasteiger charge is -2.66. The summed E-state index contributed by atoms with van der Waals surface area (Å²) in [7, 11) is 0. The number of allylic oxidation sites excluding steroid dienone is 1. The molecule has 1 saturated carbocycles. The van der Waals surface area contributed by atoms with Gasteiger partial charge in [-0.2, -0.15) is 0 Å². The van der Waals surface area contributed by atoms with Gasteiger partial charge >= 0.3 is 0 Å². The second-order valence-corrected chi connectivity index (χ2v) is 4.84. The van der Waals surface area contributed by atoms with Crippen LogP contribution in [0.5, 0.6) is 0 Å². The molecule has 1 heteroatoms. The summed E-state index contributed by atoms with van der Waals surface area (Å²) < 4.78 is 5.54. The van der Waals surface area contributed by atoms with Gasteiger partial charge in [-0.1, -0.05) is 26.0 Å². The molecule has 2 fully saturated rings. The Morgan fingerprint density at radius 2 is 2.27 bits per heavy atom. The fourth-order valence-corrected chi connectivity index (χ4v) is 3.49. The Morgan fingerprint density at radius 1 is 1.45 bits per heavy atom. The maximum absolute atomic E-state index is 5.54. The molecule has 3 aliphatic rings. The highest BCUT2D eigenvalue weighted by Gasteiger charge is 2.69. The summed E-state index contributed by atoms with van der Waals surface area (Å²) in [6.45, 7) is 6.73. The molecule has 0 bridgehead atoms. The van der Waals surface area contributed by atoms with Crippen LogP contribution in [0.2, 0.25) is 0 Å². The molecule has 60 valence electrons. The highest BCUT2D eigenvalue weighted by Crippen LogP contribution is 2.71. The van der Waals surface area contributed by atoms with Gasteiger partial charge in [0, 0.05) is 5.41 Å². The second kappa shape index (κ2) is 1.42. The van der Waals surface area contributed by atoms with Crippen molar-refractivity contribution in [3.05, 3.63) is 12.2 Å². The Hall–Kier alpha value is -0.300. The van der Waals surface area contributed by atoms with Crippen LogP contribution in [0.1, 0.15) is 13.8 Å². The van der Waals surface area contributed by atoms with Crippen molar-refractivity contribution in [2.75, 3.05) is 13.2 Å². The van der Waals surface area contributed by atoms with Gasteiger partial charge in [0.2, 0.25) is 0 Å². The summed E-state index contributed by atoms with van der Waals surface area (Å²) in [5.74, 6) is 1.63. The molecule has 3 rings (SSSR count). The Labute approximate surface area is 67.4 Å². The molecule has 0 amide bonds. The van der Waals surface area contributed by atoms with E-state index in [4.69, 9.17) is 4.74 Å². The Balaban J connectivity index is 2.06. The van der Waals surface area contributed by atoms with Crippen LogP contribution in [0.3, 0.4) is 0 Å². The van der Waals surface area contributed by atoms with E-state index in [0.717, 1.165) is 25.0 Å². The average molecular weight is 150 g/mol. The van der Waals surface area contributed by atoms with Crippen LogP contribution < -0.4 is 0 Å². The van der Waals surface area contributed by atoms with E-state index in [1.165, 1.54) is 0 Å². The van der Waals surface area contributed by atoms with Crippen LogP contribution >= 0.6 is 0 Å². The second-order valence-electron chi connectivity index (χ2n) is 4.84. The van der Waals surface area contributed by atoms with Crippen molar-refractivity contribution in [3.8, 4) is 0 Å². The minimum atomic E-state index is 0.503. The van der Waals surface area contributed by atoms with Gasteiger partial charge in [0.05, 0.1) is 13.2 Å². The van der Waals surface area contributed by atoms with Crippen LogP contribution in [0.4, 0.5) is 0 Å². The molecule has 1 unspecified atom stereocenters. The molecule has 0 radical (unpaired) electrons. The standard InChI is InChI=1S/C10H14O/c1-9(2)7-3-4-10(7)6-11-5-8(9)10/h3-4,7-8H,5-6H2,1-2H3/t7-,8-,10?/m1/s1. The molecule has 0 aromatic carbocycles. The lowest BCUT2D eigenvalue weighted by atomic mass is 9.37. The van der Waals surface area contributed by atoms with Gasteiger partial charge in [-0.3, -0.25) is 0 Å². The van der Waals surface area contributed by atoms with E-state index >= 15 is 0 Å². The first kappa shape index (κ1) is 6.24. The molecule has 1 aliphatic heterocycles. The first-order valence-corrected chi connectivity index (χ1v) is 4.45. The molecule has 0 aromatic rings. The Bertz CT molecular complexity index is 241. The summed E-state index contributed by atoms with van der Waals surface area (Å²) >= 11 is 0. The minimum Gasteiger partial charge on any atom is -0.380 e. The smallest absolute Gasteiger partial charge is 0.0566 e. The zero-order valence-electron chi connectivity index (χ0n) is 7.13. The molecule has 0 aromatic heterocycles. The third kappa shape index (κ3) is 0.427. The SMILES string of the molecule is CC1(C)[C@H]2C=CC23COC[C@H]13. The maximum atomic E-state index is 5.54. The monoisotopic (exact) mass is 150 g/mol. The van der Waals surface area contributed by atoms with Crippen molar-refractivity contribution in [1.29, 1.82) is 0 Å². The van der Waals surface area contributed by atoms with Crippen molar-refractivity contribution in [2.45, 2.75) is 13.8 Å². The van der Waals surface area contributed by atoms with Gasteiger partial charge in [0.15, 0.2) is 0 Å². The summed E-state index contributed by atoms with van der Waals surface area (Å²) in [6, 6.07) is 0. The Kier molecular flexibility index (Phi) is 0.809. The Morgan fingerprint density at radius 3 is 2.82 bits per heavy atom. The molecular weight excluding hydrogens is 136 g/mol. The zero-order chi connectivity index (χ0) is 7.69. The van der Waals surface area contributed by atoms with Crippen LogP contribution in [0.25, 0.3) is 0 Å². The highest BCUT2D eigenvalue weighted by atomic mass is 16.5. The molecule has 2 aliphatic carbocycles. The molecule has 1 heterocycles. The molecular formula is C10H14O. The van der Waals surface area contributed by atoms with E-state index < -0.39 is 0 Å². The third-order valence-electron chi connectivity index (χ3n) is 4.16. The fraction of sp³-hybridized carbons (Fsp3) is 0.800. The lowest BCUT2D eigenvalue weighted by Crippen LogP contribution is -2.63. The van der Waals surface area contributed by atoms with Gasteiger partial charge in [-0.05, 0) is 17.3 Å². The van der Waals surface area contributed by atoms with Gasteiger partial charge in [0.25, 0.3) is 0 Å². The normalized spacial score (nSPS) is 55.8. The van der Waals surface area contributed by atoms with E-state index in [2.05, 4.69) is 26.0 Å². The molecule has 1 spiro atoms. The molecule has 1 saturated heterocycles. The van der Waals surface area contributed by atoms with Crippen molar-refractivity contribution >= 4 is 0 Å². The minimum absolute atomic E-state index is 0.503. The predicted octanol–water partition coefficient (Wildman–Crippen LogP) is 1.84. The largest absolute Gasteiger partial charge is 0.380 e. The number of hydrogen-bond acceptors (Lipinski definition) is 1. The van der Waals surface area contributed by atoms with Gasteiger partial charge in [-0.25, -0.2) is 0 Å².